The van der Waals surface area contributed by atoms with E-state index < -0.39 is 10.0 Å². The van der Waals surface area contributed by atoms with Crippen LogP contribution in [0.1, 0.15) is 24.8 Å². The summed E-state index contributed by atoms with van der Waals surface area (Å²) in [6.07, 6.45) is 3.02. The molecule has 1 fully saturated rings. The van der Waals surface area contributed by atoms with Gasteiger partial charge in [-0.15, -0.1) is 0 Å². The molecule has 1 aliphatic carbocycles. The van der Waals surface area contributed by atoms with Gasteiger partial charge in [0, 0.05) is 18.8 Å². The fourth-order valence-corrected chi connectivity index (χ4v) is 3.34. The summed E-state index contributed by atoms with van der Waals surface area (Å²) in [5.41, 5.74) is 7.18. The van der Waals surface area contributed by atoms with E-state index in [4.69, 9.17) is 5.73 Å². The Morgan fingerprint density at radius 3 is 2.47 bits per heavy atom. The molecule has 1 aromatic rings. The van der Waals surface area contributed by atoms with E-state index in [0.717, 1.165) is 24.8 Å². The Balaban J connectivity index is 2.33. The molecule has 0 aromatic heterocycles. The molecule has 2 rings (SSSR count). The molecule has 0 saturated heterocycles. The third-order valence-electron chi connectivity index (χ3n) is 3.52. The Labute approximate surface area is 102 Å². The molecule has 1 saturated carbocycles. The van der Waals surface area contributed by atoms with Gasteiger partial charge in [-0.2, -0.15) is 4.31 Å². The van der Waals surface area contributed by atoms with Crippen molar-refractivity contribution in [1.82, 2.24) is 4.31 Å². The molecule has 0 bridgehead atoms. The highest BCUT2D eigenvalue weighted by atomic mass is 32.2. The molecule has 2 N–H and O–H groups in total. The number of nitrogens with two attached hydrogens (primary N) is 1. The molecule has 0 aliphatic heterocycles. The second-order valence-corrected chi connectivity index (χ2v) is 6.62. The summed E-state index contributed by atoms with van der Waals surface area (Å²) < 4.78 is 26.1. The van der Waals surface area contributed by atoms with Gasteiger partial charge in [0.05, 0.1) is 4.90 Å². The predicted molar refractivity (Wildman–Crippen MR) is 68.2 cm³/mol. The summed E-state index contributed by atoms with van der Waals surface area (Å²) in [7, 11) is -1.74. The lowest BCUT2D eigenvalue weighted by Crippen LogP contribution is -2.41. The highest BCUT2D eigenvalue weighted by Crippen LogP contribution is 2.29. The molecule has 0 amide bonds. The van der Waals surface area contributed by atoms with Crippen molar-refractivity contribution >= 4 is 15.7 Å². The average molecular weight is 254 g/mol. The Bertz CT molecular complexity index is 521. The minimum Gasteiger partial charge on any atom is -0.398 e. The van der Waals surface area contributed by atoms with E-state index >= 15 is 0 Å². The maximum Gasteiger partial charge on any atom is 0.243 e. The van der Waals surface area contributed by atoms with E-state index in [0.29, 0.717) is 5.69 Å². The van der Waals surface area contributed by atoms with Gasteiger partial charge in [0.25, 0.3) is 0 Å². The van der Waals surface area contributed by atoms with Gasteiger partial charge in [0.15, 0.2) is 0 Å². The largest absolute Gasteiger partial charge is 0.398 e. The first-order valence-electron chi connectivity index (χ1n) is 5.77. The Hall–Kier alpha value is -1.07. The van der Waals surface area contributed by atoms with Crippen molar-refractivity contribution in [3.63, 3.8) is 0 Å². The maximum absolute atomic E-state index is 12.3. The smallest absolute Gasteiger partial charge is 0.243 e. The van der Waals surface area contributed by atoms with E-state index in [1.165, 1.54) is 4.31 Å². The highest BCUT2D eigenvalue weighted by Gasteiger charge is 2.31. The first-order chi connectivity index (χ1) is 7.93. The van der Waals surface area contributed by atoms with E-state index in [2.05, 4.69) is 0 Å². The topological polar surface area (TPSA) is 63.4 Å². The van der Waals surface area contributed by atoms with Crippen LogP contribution in [0, 0.1) is 6.92 Å². The normalized spacial score (nSPS) is 17.1. The molecule has 4 nitrogen and oxygen atoms in total. The number of aryl methyl sites for hydroxylation is 1. The van der Waals surface area contributed by atoms with Crippen LogP contribution in [0.15, 0.2) is 23.1 Å². The van der Waals surface area contributed by atoms with Gasteiger partial charge in [-0.05, 0) is 37.5 Å². The number of nitrogens with zero attached hydrogens (tertiary/aromatic N) is 1. The fourth-order valence-electron chi connectivity index (χ4n) is 1.89. The quantitative estimate of drug-likeness (QED) is 0.836. The second-order valence-electron chi connectivity index (χ2n) is 4.62. The van der Waals surface area contributed by atoms with Crippen LogP contribution in [-0.4, -0.2) is 25.8 Å². The third kappa shape index (κ3) is 2.17. The Kier molecular flexibility index (Phi) is 3.14. The highest BCUT2D eigenvalue weighted by molar-refractivity contribution is 7.89. The van der Waals surface area contributed by atoms with Crippen LogP contribution < -0.4 is 5.73 Å². The van der Waals surface area contributed by atoms with Crippen molar-refractivity contribution in [1.29, 1.82) is 0 Å². The summed E-state index contributed by atoms with van der Waals surface area (Å²) in [5, 5.41) is 0. The van der Waals surface area contributed by atoms with Crippen LogP contribution in [-0.2, 0) is 10.0 Å². The summed E-state index contributed by atoms with van der Waals surface area (Å²) in [6, 6.07) is 5.06. The number of hydrogen-bond acceptors (Lipinski definition) is 3. The summed E-state index contributed by atoms with van der Waals surface area (Å²) in [6.45, 7) is 1.86. The minimum absolute atomic E-state index is 0.155. The molecular weight excluding hydrogens is 236 g/mol. The molecular formula is C12H18N2O2S. The molecule has 0 heterocycles. The minimum atomic E-state index is -3.38. The SMILES string of the molecule is Cc1ccc(S(=O)(=O)N(C)C2CCC2)cc1N. The fraction of sp³-hybridized carbons (Fsp3) is 0.500. The third-order valence-corrected chi connectivity index (χ3v) is 5.42. The van der Waals surface area contributed by atoms with Crippen molar-refractivity contribution in [2.45, 2.75) is 37.1 Å². The standard InChI is InChI=1S/C12H18N2O2S/c1-9-6-7-11(8-12(9)13)17(15,16)14(2)10-4-3-5-10/h6-8,10H,3-5,13H2,1-2H3. The van der Waals surface area contributed by atoms with Gasteiger partial charge in [0.1, 0.15) is 0 Å². The monoisotopic (exact) mass is 254 g/mol. The zero-order valence-electron chi connectivity index (χ0n) is 10.2. The van der Waals surface area contributed by atoms with Crippen LogP contribution in [0.3, 0.4) is 0 Å². The zero-order valence-corrected chi connectivity index (χ0v) is 11.0. The van der Waals surface area contributed by atoms with Crippen molar-refractivity contribution in [2.24, 2.45) is 0 Å². The van der Waals surface area contributed by atoms with Gasteiger partial charge in [0.2, 0.25) is 10.0 Å². The first-order valence-corrected chi connectivity index (χ1v) is 7.21. The second kappa shape index (κ2) is 4.31. The number of rotatable bonds is 3. The molecule has 0 unspecified atom stereocenters. The lowest BCUT2D eigenvalue weighted by atomic mass is 9.94. The lowest BCUT2D eigenvalue weighted by Gasteiger charge is -2.33. The van der Waals surface area contributed by atoms with E-state index in [1.54, 1.807) is 25.2 Å². The zero-order chi connectivity index (χ0) is 12.6. The molecule has 1 aliphatic rings. The van der Waals surface area contributed by atoms with Gasteiger partial charge in [-0.1, -0.05) is 12.5 Å². The van der Waals surface area contributed by atoms with Crippen molar-refractivity contribution in [2.75, 3.05) is 12.8 Å². The van der Waals surface area contributed by atoms with Gasteiger partial charge >= 0.3 is 0 Å². The number of benzene rings is 1. The average Bonchev–Trinajstić information content (AvgIpc) is 2.19. The van der Waals surface area contributed by atoms with Crippen molar-refractivity contribution in [3.05, 3.63) is 23.8 Å². The predicted octanol–water partition coefficient (Wildman–Crippen LogP) is 1.75. The molecule has 0 radical (unpaired) electrons. The summed E-state index contributed by atoms with van der Waals surface area (Å²) >= 11 is 0. The van der Waals surface area contributed by atoms with Crippen molar-refractivity contribution < 1.29 is 8.42 Å². The van der Waals surface area contributed by atoms with Gasteiger partial charge in [-0.25, -0.2) is 8.42 Å². The van der Waals surface area contributed by atoms with Crippen LogP contribution in [0.25, 0.3) is 0 Å². The number of hydrogen-bond donors (Lipinski definition) is 1. The van der Waals surface area contributed by atoms with Crippen LogP contribution in [0.5, 0.6) is 0 Å². The first kappa shape index (κ1) is 12.4. The van der Waals surface area contributed by atoms with Gasteiger partial charge in [-0.3, -0.25) is 0 Å². The lowest BCUT2D eigenvalue weighted by molar-refractivity contribution is 0.249. The number of anilines is 1. The Morgan fingerprint density at radius 1 is 1.35 bits per heavy atom. The van der Waals surface area contributed by atoms with E-state index in [1.807, 2.05) is 6.92 Å². The van der Waals surface area contributed by atoms with Crippen LogP contribution in [0.2, 0.25) is 0 Å². The molecule has 1 aromatic carbocycles. The van der Waals surface area contributed by atoms with Crippen LogP contribution in [0.4, 0.5) is 5.69 Å². The molecule has 0 atom stereocenters. The van der Waals surface area contributed by atoms with Crippen molar-refractivity contribution in [3.8, 4) is 0 Å². The number of nitrogen functional groups attached to an aromatic ring is 1. The summed E-state index contributed by atoms with van der Waals surface area (Å²) in [4.78, 5) is 0.287. The van der Waals surface area contributed by atoms with Gasteiger partial charge < -0.3 is 5.73 Å². The summed E-state index contributed by atoms with van der Waals surface area (Å²) in [5.74, 6) is 0. The van der Waals surface area contributed by atoms with E-state index in [9.17, 15) is 8.42 Å². The maximum atomic E-state index is 12.3. The van der Waals surface area contributed by atoms with Crippen LogP contribution >= 0.6 is 0 Å². The molecule has 17 heavy (non-hydrogen) atoms. The number of sulfonamides is 1. The molecule has 94 valence electrons. The Morgan fingerprint density at radius 2 is 2.00 bits per heavy atom. The molecule has 0 spiro atoms. The van der Waals surface area contributed by atoms with E-state index in [-0.39, 0.29) is 10.9 Å². The molecule has 5 heteroatoms.